The molecule has 0 aliphatic carbocycles. The lowest BCUT2D eigenvalue weighted by Crippen LogP contribution is -2.71. The lowest BCUT2D eigenvalue weighted by molar-refractivity contribution is -0.228. The first-order valence-electron chi connectivity index (χ1n) is 8.65. The quantitative estimate of drug-likeness (QED) is 0.792. The fourth-order valence-corrected chi connectivity index (χ4v) is 4.50. The molecule has 1 aromatic rings. The lowest BCUT2D eigenvalue weighted by atomic mass is 9.64. The van der Waals surface area contributed by atoms with Gasteiger partial charge >= 0.3 is 0 Å². The molecule has 2 atom stereocenters. The Bertz CT molecular complexity index is 488. The van der Waals surface area contributed by atoms with Gasteiger partial charge in [0.1, 0.15) is 0 Å². The molecule has 0 aromatic heterocycles. The molecular formula is C20H33NO. The first-order chi connectivity index (χ1) is 10.2. The van der Waals surface area contributed by atoms with Crippen LogP contribution >= 0.6 is 0 Å². The minimum absolute atomic E-state index is 0.0975. The van der Waals surface area contributed by atoms with E-state index in [1.165, 1.54) is 5.56 Å². The minimum Gasteiger partial charge on any atom is -0.372 e. The van der Waals surface area contributed by atoms with Crippen molar-refractivity contribution < 1.29 is 4.74 Å². The van der Waals surface area contributed by atoms with Crippen molar-refractivity contribution in [3.8, 4) is 0 Å². The van der Waals surface area contributed by atoms with E-state index in [0.29, 0.717) is 5.92 Å². The third kappa shape index (κ3) is 2.61. The summed E-state index contributed by atoms with van der Waals surface area (Å²) in [4.78, 5) is 2.69. The summed E-state index contributed by atoms with van der Waals surface area (Å²) in [5.41, 5.74) is 1.14. The predicted molar refractivity (Wildman–Crippen MR) is 94.1 cm³/mol. The van der Waals surface area contributed by atoms with Crippen LogP contribution in [0.3, 0.4) is 0 Å². The van der Waals surface area contributed by atoms with Crippen LogP contribution in [0.4, 0.5) is 0 Å². The van der Waals surface area contributed by atoms with Crippen LogP contribution in [-0.2, 0) is 10.3 Å². The van der Waals surface area contributed by atoms with Crippen molar-refractivity contribution in [2.75, 3.05) is 13.2 Å². The van der Waals surface area contributed by atoms with Crippen LogP contribution in [0.5, 0.6) is 0 Å². The number of hydrogen-bond donors (Lipinski definition) is 0. The Morgan fingerprint density at radius 1 is 1.18 bits per heavy atom. The molecule has 124 valence electrons. The molecule has 1 fully saturated rings. The topological polar surface area (TPSA) is 12.5 Å². The van der Waals surface area contributed by atoms with Crippen LogP contribution in [0.15, 0.2) is 30.3 Å². The van der Waals surface area contributed by atoms with E-state index in [1.807, 2.05) is 0 Å². The summed E-state index contributed by atoms with van der Waals surface area (Å²) in [5, 5.41) is 0. The molecule has 0 spiro atoms. The maximum absolute atomic E-state index is 6.34. The summed E-state index contributed by atoms with van der Waals surface area (Å²) in [6.07, 6.45) is 1.13. The predicted octanol–water partition coefficient (Wildman–Crippen LogP) is 4.84. The number of ether oxygens (including phenoxy) is 1. The molecule has 1 aliphatic rings. The second-order valence-electron chi connectivity index (χ2n) is 8.12. The fraction of sp³-hybridized carbons (Fsp3) is 0.700. The maximum atomic E-state index is 6.34. The standard InChI is InChI=1S/C20H33NO/c1-8-16(2)20(17-12-10-9-11-13-17)19(6,7)22-15-14-21(20)18(3,4)5/h9-13,16H,8,14-15H2,1-7H3. The summed E-state index contributed by atoms with van der Waals surface area (Å²) in [7, 11) is 0. The normalized spacial score (nSPS) is 27.6. The molecule has 1 aromatic carbocycles. The van der Waals surface area contributed by atoms with Gasteiger partial charge in [-0.1, -0.05) is 50.6 Å². The fourth-order valence-electron chi connectivity index (χ4n) is 4.50. The summed E-state index contributed by atoms with van der Waals surface area (Å²) in [5.74, 6) is 0.504. The van der Waals surface area contributed by atoms with E-state index in [2.05, 4.69) is 83.7 Å². The Morgan fingerprint density at radius 3 is 2.27 bits per heavy atom. The van der Waals surface area contributed by atoms with Gasteiger partial charge in [-0.2, -0.15) is 0 Å². The summed E-state index contributed by atoms with van der Waals surface area (Å²) in [6.45, 7) is 18.0. The zero-order valence-corrected chi connectivity index (χ0v) is 15.4. The smallest absolute Gasteiger partial charge is 0.0854 e. The molecular weight excluding hydrogens is 270 g/mol. The highest BCUT2D eigenvalue weighted by Crippen LogP contribution is 2.52. The number of morpholine rings is 1. The largest absolute Gasteiger partial charge is 0.372 e. The Morgan fingerprint density at radius 2 is 1.77 bits per heavy atom. The van der Waals surface area contributed by atoms with Crippen molar-refractivity contribution in [3.63, 3.8) is 0 Å². The molecule has 0 amide bonds. The molecule has 2 unspecified atom stereocenters. The molecule has 0 saturated carbocycles. The molecule has 1 heterocycles. The van der Waals surface area contributed by atoms with E-state index in [9.17, 15) is 0 Å². The Kier molecular flexibility index (Phi) is 4.75. The van der Waals surface area contributed by atoms with Gasteiger partial charge in [0, 0.05) is 12.1 Å². The molecule has 22 heavy (non-hydrogen) atoms. The number of rotatable bonds is 3. The molecule has 1 saturated heterocycles. The molecule has 0 radical (unpaired) electrons. The van der Waals surface area contributed by atoms with E-state index in [4.69, 9.17) is 4.74 Å². The van der Waals surface area contributed by atoms with E-state index < -0.39 is 0 Å². The van der Waals surface area contributed by atoms with Gasteiger partial charge < -0.3 is 4.74 Å². The summed E-state index contributed by atoms with van der Waals surface area (Å²) >= 11 is 0. The molecule has 2 nitrogen and oxygen atoms in total. The van der Waals surface area contributed by atoms with Crippen molar-refractivity contribution in [1.82, 2.24) is 4.90 Å². The molecule has 2 heteroatoms. The average Bonchev–Trinajstić information content (AvgIpc) is 2.45. The van der Waals surface area contributed by atoms with Gasteiger partial charge in [0.2, 0.25) is 0 Å². The highest BCUT2D eigenvalue weighted by molar-refractivity contribution is 5.31. The average molecular weight is 303 g/mol. The van der Waals surface area contributed by atoms with Crippen LogP contribution in [0.2, 0.25) is 0 Å². The van der Waals surface area contributed by atoms with Gasteiger partial charge in [0.25, 0.3) is 0 Å². The van der Waals surface area contributed by atoms with Crippen LogP contribution in [0, 0.1) is 5.92 Å². The zero-order chi connectivity index (χ0) is 16.6. The number of benzene rings is 1. The van der Waals surface area contributed by atoms with E-state index in [1.54, 1.807) is 0 Å². The van der Waals surface area contributed by atoms with Crippen molar-refractivity contribution in [2.45, 2.75) is 71.6 Å². The molecule has 1 aliphatic heterocycles. The van der Waals surface area contributed by atoms with Gasteiger partial charge in [0.05, 0.1) is 17.7 Å². The molecule has 0 N–H and O–H groups in total. The van der Waals surface area contributed by atoms with Gasteiger partial charge in [-0.05, 0) is 46.1 Å². The highest BCUT2D eigenvalue weighted by Gasteiger charge is 2.58. The van der Waals surface area contributed by atoms with Crippen molar-refractivity contribution >= 4 is 0 Å². The van der Waals surface area contributed by atoms with Crippen LogP contribution in [0.25, 0.3) is 0 Å². The number of nitrogens with zero attached hydrogens (tertiary/aromatic N) is 1. The van der Waals surface area contributed by atoms with Crippen molar-refractivity contribution in [2.24, 2.45) is 5.92 Å². The van der Waals surface area contributed by atoms with Crippen LogP contribution in [0.1, 0.15) is 60.5 Å². The lowest BCUT2D eigenvalue weighted by Gasteiger charge is -2.63. The van der Waals surface area contributed by atoms with Gasteiger partial charge in [0.15, 0.2) is 0 Å². The van der Waals surface area contributed by atoms with Crippen molar-refractivity contribution in [1.29, 1.82) is 0 Å². The van der Waals surface area contributed by atoms with E-state index in [0.717, 1.165) is 19.6 Å². The second-order valence-corrected chi connectivity index (χ2v) is 8.12. The summed E-state index contributed by atoms with van der Waals surface area (Å²) < 4.78 is 6.34. The van der Waals surface area contributed by atoms with Gasteiger partial charge in [-0.15, -0.1) is 0 Å². The van der Waals surface area contributed by atoms with Crippen LogP contribution in [-0.4, -0.2) is 29.2 Å². The molecule has 2 rings (SSSR count). The molecule has 0 bridgehead atoms. The highest BCUT2D eigenvalue weighted by atomic mass is 16.5. The monoisotopic (exact) mass is 303 g/mol. The van der Waals surface area contributed by atoms with Crippen LogP contribution < -0.4 is 0 Å². The Labute approximate surface area is 136 Å². The first kappa shape index (κ1) is 17.5. The second kappa shape index (κ2) is 5.98. The Hall–Kier alpha value is -0.860. The van der Waals surface area contributed by atoms with Gasteiger partial charge in [-0.3, -0.25) is 4.90 Å². The summed E-state index contributed by atoms with van der Waals surface area (Å²) in [6, 6.07) is 11.0. The zero-order valence-electron chi connectivity index (χ0n) is 15.4. The van der Waals surface area contributed by atoms with E-state index in [-0.39, 0.29) is 16.7 Å². The SMILES string of the molecule is CCC(C)C1(c2ccccc2)N(C(C)(C)C)CCOC1(C)C. The minimum atomic E-state index is -0.227. The van der Waals surface area contributed by atoms with Gasteiger partial charge in [-0.25, -0.2) is 0 Å². The number of hydrogen-bond acceptors (Lipinski definition) is 2. The maximum Gasteiger partial charge on any atom is 0.0854 e. The van der Waals surface area contributed by atoms with Crippen molar-refractivity contribution in [3.05, 3.63) is 35.9 Å². The Balaban J connectivity index is 2.74. The first-order valence-corrected chi connectivity index (χ1v) is 8.65. The third-order valence-corrected chi connectivity index (χ3v) is 5.47. The van der Waals surface area contributed by atoms with E-state index >= 15 is 0 Å². The third-order valence-electron chi connectivity index (χ3n) is 5.47.